The molecular weight excluding hydrogens is 382 g/mol. The second kappa shape index (κ2) is 7.06. The molecule has 2 aromatic rings. The van der Waals surface area contributed by atoms with Crippen molar-refractivity contribution in [1.82, 2.24) is 9.97 Å². The molecule has 0 amide bonds. The van der Waals surface area contributed by atoms with Gasteiger partial charge in [-0.1, -0.05) is 37.7 Å². The molecule has 0 bridgehead atoms. The minimum atomic E-state index is -0.253. The average Bonchev–Trinajstić information content (AvgIpc) is 2.65. The van der Waals surface area contributed by atoms with Crippen molar-refractivity contribution in [2.75, 3.05) is 36.3 Å². The number of aromatic nitrogens is 2. The molecule has 152 valence electrons. The van der Waals surface area contributed by atoms with Gasteiger partial charge in [-0.15, -0.1) is 0 Å². The Morgan fingerprint density at radius 1 is 1.17 bits per heavy atom. The minimum absolute atomic E-state index is 0.0827. The van der Waals surface area contributed by atoms with Crippen LogP contribution in [0.4, 0.5) is 17.3 Å². The highest BCUT2D eigenvalue weighted by molar-refractivity contribution is 7.98. The third-order valence-corrected chi connectivity index (χ3v) is 6.19. The molecule has 3 N–H and O–H groups in total. The van der Waals surface area contributed by atoms with Crippen LogP contribution in [0.5, 0.6) is 0 Å². The summed E-state index contributed by atoms with van der Waals surface area (Å²) in [6, 6.07) is 8.30. The van der Waals surface area contributed by atoms with E-state index >= 15 is 0 Å². The maximum Gasteiger partial charge on any atom is 0.191 e. The third kappa shape index (κ3) is 3.48. The standard InChI is InChI=1S/C22H27N5OS/c1-22(2)10-14-17(15(28)11-22)16(12-6-8-13(9-7-12)27(3)4)18-19(23)25-21(29-5)26-20(18)24-14/h6-9,16H,10-11H2,1-5H3,(H3,23,24,25,26). The number of allylic oxidation sites excluding steroid dienone is 2. The van der Waals surface area contributed by atoms with Crippen LogP contribution < -0.4 is 16.0 Å². The summed E-state index contributed by atoms with van der Waals surface area (Å²) < 4.78 is 0. The Balaban J connectivity index is 1.92. The molecule has 29 heavy (non-hydrogen) atoms. The summed E-state index contributed by atoms with van der Waals surface area (Å²) in [5.41, 5.74) is 11.0. The van der Waals surface area contributed by atoms with Gasteiger partial charge in [0, 0.05) is 49.0 Å². The molecule has 0 saturated heterocycles. The number of carbonyl (C=O) groups is 1. The summed E-state index contributed by atoms with van der Waals surface area (Å²) in [6.07, 6.45) is 3.26. The van der Waals surface area contributed by atoms with Crippen LogP contribution in [0, 0.1) is 5.41 Å². The Kier molecular flexibility index (Phi) is 4.81. The number of nitrogens with two attached hydrogens (primary N) is 1. The largest absolute Gasteiger partial charge is 0.383 e. The lowest BCUT2D eigenvalue weighted by Crippen LogP contribution is -2.34. The second-order valence-corrected chi connectivity index (χ2v) is 9.51. The second-order valence-electron chi connectivity index (χ2n) is 8.73. The van der Waals surface area contributed by atoms with E-state index in [4.69, 9.17) is 5.73 Å². The molecule has 1 atom stereocenters. The van der Waals surface area contributed by atoms with E-state index in [1.807, 2.05) is 20.4 Å². The Labute approximate surface area is 176 Å². The Bertz CT molecular complexity index is 1010. The number of nitrogen functional groups attached to an aromatic ring is 1. The Morgan fingerprint density at radius 3 is 2.48 bits per heavy atom. The van der Waals surface area contributed by atoms with E-state index in [1.165, 1.54) is 11.8 Å². The molecular formula is C22H27N5OS. The molecule has 0 saturated carbocycles. The van der Waals surface area contributed by atoms with E-state index < -0.39 is 0 Å². The summed E-state index contributed by atoms with van der Waals surface area (Å²) >= 11 is 1.46. The fraction of sp³-hybridized carbons (Fsp3) is 0.409. The summed E-state index contributed by atoms with van der Waals surface area (Å²) in [7, 11) is 4.02. The first kappa shape index (κ1) is 19.8. The number of carbonyl (C=O) groups excluding carboxylic acids is 1. The van der Waals surface area contributed by atoms with Crippen molar-refractivity contribution in [2.45, 2.75) is 37.8 Å². The Hall–Kier alpha value is -2.54. The predicted octanol–water partition coefficient (Wildman–Crippen LogP) is 4.05. The topological polar surface area (TPSA) is 84.1 Å². The van der Waals surface area contributed by atoms with Crippen LogP contribution in [-0.2, 0) is 4.79 Å². The third-order valence-electron chi connectivity index (χ3n) is 5.65. The molecule has 4 rings (SSSR count). The van der Waals surface area contributed by atoms with Crippen molar-refractivity contribution in [2.24, 2.45) is 5.41 Å². The van der Waals surface area contributed by atoms with Gasteiger partial charge in [0.15, 0.2) is 10.9 Å². The summed E-state index contributed by atoms with van der Waals surface area (Å²) in [5, 5.41) is 4.06. The van der Waals surface area contributed by atoms with Crippen LogP contribution in [-0.4, -0.2) is 36.1 Å². The zero-order chi connectivity index (χ0) is 20.9. The van der Waals surface area contributed by atoms with Crippen LogP contribution in [0.3, 0.4) is 0 Å². The van der Waals surface area contributed by atoms with Gasteiger partial charge in [-0.25, -0.2) is 9.97 Å². The van der Waals surface area contributed by atoms with Crippen LogP contribution in [0.2, 0.25) is 0 Å². The van der Waals surface area contributed by atoms with E-state index in [-0.39, 0.29) is 17.1 Å². The highest BCUT2D eigenvalue weighted by atomic mass is 32.2. The first-order chi connectivity index (χ1) is 13.7. The highest BCUT2D eigenvalue weighted by Gasteiger charge is 2.42. The molecule has 1 aliphatic heterocycles. The number of ketones is 1. The van der Waals surface area contributed by atoms with E-state index in [0.29, 0.717) is 23.2 Å². The monoisotopic (exact) mass is 409 g/mol. The maximum absolute atomic E-state index is 13.3. The number of Topliss-reactive ketones (excluding diaryl/α,β-unsaturated/α-hetero) is 1. The number of hydrogen-bond acceptors (Lipinski definition) is 7. The van der Waals surface area contributed by atoms with Crippen LogP contribution in [0.1, 0.15) is 43.7 Å². The molecule has 2 heterocycles. The van der Waals surface area contributed by atoms with Crippen molar-refractivity contribution in [3.8, 4) is 0 Å². The van der Waals surface area contributed by atoms with Gasteiger partial charge in [-0.3, -0.25) is 4.79 Å². The molecule has 1 unspecified atom stereocenters. The van der Waals surface area contributed by atoms with Gasteiger partial charge in [-0.05, 0) is 35.8 Å². The van der Waals surface area contributed by atoms with Crippen molar-refractivity contribution < 1.29 is 4.79 Å². The molecule has 7 heteroatoms. The fourth-order valence-electron chi connectivity index (χ4n) is 4.30. The van der Waals surface area contributed by atoms with Gasteiger partial charge in [0.2, 0.25) is 0 Å². The lowest BCUT2D eigenvalue weighted by Gasteiger charge is -2.39. The molecule has 2 aliphatic rings. The van der Waals surface area contributed by atoms with E-state index in [0.717, 1.165) is 34.5 Å². The van der Waals surface area contributed by atoms with Gasteiger partial charge >= 0.3 is 0 Å². The summed E-state index contributed by atoms with van der Waals surface area (Å²) in [5.74, 6) is 1.06. The quantitative estimate of drug-likeness (QED) is 0.584. The van der Waals surface area contributed by atoms with E-state index in [2.05, 4.69) is 58.3 Å². The average molecular weight is 410 g/mol. The zero-order valence-electron chi connectivity index (χ0n) is 17.5. The van der Waals surface area contributed by atoms with E-state index in [9.17, 15) is 4.79 Å². The number of hydrogen-bond donors (Lipinski definition) is 2. The van der Waals surface area contributed by atoms with Crippen LogP contribution in [0.15, 0.2) is 40.7 Å². The zero-order valence-corrected chi connectivity index (χ0v) is 18.4. The summed E-state index contributed by atoms with van der Waals surface area (Å²) in [4.78, 5) is 24.5. The fourth-order valence-corrected chi connectivity index (χ4v) is 4.68. The Morgan fingerprint density at radius 2 is 1.86 bits per heavy atom. The number of thioether (sulfide) groups is 1. The molecule has 6 nitrogen and oxygen atoms in total. The van der Waals surface area contributed by atoms with E-state index in [1.54, 1.807) is 0 Å². The minimum Gasteiger partial charge on any atom is -0.383 e. The number of nitrogens with zero attached hydrogens (tertiary/aromatic N) is 3. The van der Waals surface area contributed by atoms with Crippen molar-refractivity contribution >= 4 is 34.9 Å². The van der Waals surface area contributed by atoms with Crippen molar-refractivity contribution in [3.05, 3.63) is 46.7 Å². The van der Waals surface area contributed by atoms with Gasteiger partial charge in [-0.2, -0.15) is 0 Å². The molecule has 1 aliphatic carbocycles. The van der Waals surface area contributed by atoms with Crippen molar-refractivity contribution in [1.29, 1.82) is 0 Å². The number of benzene rings is 1. The van der Waals surface area contributed by atoms with Gasteiger partial charge < -0.3 is 16.0 Å². The molecule has 0 spiro atoms. The molecule has 0 radical (unpaired) electrons. The molecule has 1 aromatic heterocycles. The SMILES string of the molecule is CSc1nc(N)c2c(n1)NC1=C(C(=O)CC(C)(C)C1)C2c1ccc(N(C)C)cc1. The predicted molar refractivity (Wildman–Crippen MR) is 120 cm³/mol. The molecule has 0 fully saturated rings. The summed E-state index contributed by atoms with van der Waals surface area (Å²) in [6.45, 7) is 4.27. The van der Waals surface area contributed by atoms with Crippen molar-refractivity contribution in [3.63, 3.8) is 0 Å². The number of anilines is 3. The molecule has 1 aromatic carbocycles. The maximum atomic E-state index is 13.3. The normalized spacial score (nSPS) is 20.0. The smallest absolute Gasteiger partial charge is 0.191 e. The van der Waals surface area contributed by atoms with Gasteiger partial charge in [0.25, 0.3) is 0 Å². The first-order valence-corrected chi connectivity index (χ1v) is 10.9. The van der Waals surface area contributed by atoms with Gasteiger partial charge in [0.05, 0.1) is 0 Å². The van der Waals surface area contributed by atoms with Gasteiger partial charge in [0.1, 0.15) is 11.6 Å². The number of fused-ring (bicyclic) bond motifs is 1. The lowest BCUT2D eigenvalue weighted by atomic mass is 9.69. The lowest BCUT2D eigenvalue weighted by molar-refractivity contribution is -0.118. The first-order valence-electron chi connectivity index (χ1n) is 9.72. The number of nitrogens with one attached hydrogen (secondary N) is 1. The van der Waals surface area contributed by atoms with Crippen LogP contribution >= 0.6 is 11.8 Å². The highest BCUT2D eigenvalue weighted by Crippen LogP contribution is 2.50. The van der Waals surface area contributed by atoms with Crippen LogP contribution in [0.25, 0.3) is 0 Å². The number of rotatable bonds is 3.